The van der Waals surface area contributed by atoms with Gasteiger partial charge in [-0.25, -0.2) is 19.2 Å². The van der Waals surface area contributed by atoms with Crippen molar-refractivity contribution >= 4 is 60.0 Å². The molecule has 0 heterocycles. The van der Waals surface area contributed by atoms with E-state index in [1.807, 2.05) is 78.9 Å². The Morgan fingerprint density at radius 1 is 0.437 bits per heavy atom. The van der Waals surface area contributed by atoms with Gasteiger partial charge in [0.25, 0.3) is 0 Å². The maximum atomic E-state index is 12.2. The van der Waals surface area contributed by atoms with Gasteiger partial charge in [0.05, 0.1) is 42.1 Å². The summed E-state index contributed by atoms with van der Waals surface area (Å²) in [4.78, 5) is 81.7. The van der Waals surface area contributed by atoms with E-state index in [0.29, 0.717) is 70.9 Å². The van der Waals surface area contributed by atoms with E-state index in [1.165, 1.54) is 12.1 Å². The van der Waals surface area contributed by atoms with E-state index in [-0.39, 0.29) is 82.0 Å². The molecule has 87 heavy (non-hydrogen) atoms. The number of carboxylic acid groups (broad SMARTS) is 2. The summed E-state index contributed by atoms with van der Waals surface area (Å²) >= 11 is 0. The molecule has 0 bridgehead atoms. The Kier molecular flexibility index (Phi) is 37.2. The molecule has 5 N–H and O–H groups in total. The van der Waals surface area contributed by atoms with Crippen LogP contribution < -0.4 is 29.6 Å². The molecule has 0 amide bonds. The van der Waals surface area contributed by atoms with Crippen LogP contribution in [0.2, 0.25) is 0 Å². The van der Waals surface area contributed by atoms with E-state index in [9.17, 15) is 33.6 Å². The Hall–Kier alpha value is -8.54. The predicted octanol–water partition coefficient (Wildman–Crippen LogP) is 8.66. The fraction of sp³-hybridized carbons (Fsp3) is 0.167. The molecule has 8 aromatic carbocycles. The fourth-order valence-electron chi connectivity index (χ4n) is 7.32. The molecule has 0 aromatic heterocycles. The SMILES string of the molecule is CCO.CCOC(=O)c1cccc(C(=O)c2ccccc2)c1.CCOC(=O)c1cccc(C(=O)c2ccccc2)c1.COCCCOC(c1ccccc1)c1cccc(C(=O)O)c1.O=C(O)c1cccc(C(=O)c2ccccc2)c1.O=S(=O)(O)O.[2HH].[B].[H-].[Na+]. The number of methoxy groups -OCH3 is 1. The quantitative estimate of drug-likeness (QED) is 0.0166. The van der Waals surface area contributed by atoms with Crippen molar-refractivity contribution < 1.29 is 118 Å². The molecule has 0 aliphatic carbocycles. The van der Waals surface area contributed by atoms with Gasteiger partial charge in [-0.3, -0.25) is 23.5 Å². The molecule has 0 aliphatic heterocycles. The van der Waals surface area contributed by atoms with Gasteiger partial charge in [0, 0.05) is 63.5 Å². The van der Waals surface area contributed by atoms with Crippen LogP contribution in [0, 0.1) is 0 Å². The van der Waals surface area contributed by atoms with Crippen molar-refractivity contribution in [1.29, 1.82) is 0 Å². The number of carboxylic acids is 2. The van der Waals surface area contributed by atoms with Crippen molar-refractivity contribution in [3.05, 3.63) is 285 Å². The first-order chi connectivity index (χ1) is 40.8. The van der Waals surface area contributed by atoms with E-state index in [2.05, 4.69) is 0 Å². The van der Waals surface area contributed by atoms with Gasteiger partial charge in [-0.05, 0) is 86.8 Å². The summed E-state index contributed by atoms with van der Waals surface area (Å²) in [6.07, 6.45) is 0.510. The van der Waals surface area contributed by atoms with Crippen LogP contribution in [-0.4, -0.2) is 123 Å². The first-order valence-electron chi connectivity index (χ1n) is 26.2. The topological polar surface area (TPSA) is 292 Å². The number of carbonyl (C=O) groups is 7. The minimum atomic E-state index is -4.67. The van der Waals surface area contributed by atoms with Crippen molar-refractivity contribution in [3.8, 4) is 0 Å². The van der Waals surface area contributed by atoms with Gasteiger partial charge in [-0.15, -0.1) is 0 Å². The molecule has 0 aliphatic rings. The Bertz CT molecular complexity index is 3400. The molecule has 1 atom stereocenters. The van der Waals surface area contributed by atoms with E-state index in [0.717, 1.165) is 17.5 Å². The van der Waals surface area contributed by atoms with E-state index in [4.69, 9.17) is 51.8 Å². The second-order valence-corrected chi connectivity index (χ2v) is 18.2. The van der Waals surface area contributed by atoms with E-state index < -0.39 is 34.3 Å². The second kappa shape index (κ2) is 42.3. The molecule has 0 saturated carbocycles. The van der Waals surface area contributed by atoms with Crippen LogP contribution in [0.15, 0.2) is 218 Å². The van der Waals surface area contributed by atoms with Gasteiger partial charge in [-0.1, -0.05) is 170 Å². The molecular weight excluding hydrogens is 1150 g/mol. The molecule has 0 fully saturated rings. The standard InChI is InChI=1S/C18H20O4.2C16H14O3.C14H10O3.C2H6O.B.Na.H2O4S.H2.H/c1-21-11-6-12-22-17(14-7-3-2-4-8-14)15-9-5-10-16(13-15)18(19)20;2*1-2-19-16(18)14-10-6-9-13(11-14)15(17)12-7-4-3-5-8-12;15-13(10-5-2-1-3-6-10)11-7-4-8-12(9-11)14(16)17;1-2-3;;;1-5(2,3)4;;/h2-5,7-10,13,17H,6,11-12H2,1H3,(H,19,20);2*3-11H,2H2,1H3;1-9H,(H,16,17);3H,2H2,1H3;;;(H2,1,2,3,4);1H;/q;;;;;;+1;;;-1/i;;;;;;;;1+1;. The largest absolute Gasteiger partial charge is 1.00 e. The average Bonchev–Trinajstić information content (AvgIpc) is 1.70. The number of hydrogen-bond acceptors (Lipinski definition) is 14. The van der Waals surface area contributed by atoms with Gasteiger partial charge in [0.15, 0.2) is 17.3 Å². The van der Waals surface area contributed by atoms with E-state index >= 15 is 0 Å². The number of carbonyl (C=O) groups excluding carboxylic acids is 5. The fourth-order valence-corrected chi connectivity index (χ4v) is 7.32. The van der Waals surface area contributed by atoms with Crippen molar-refractivity contribution in [2.45, 2.75) is 33.3 Å². The molecular formula is C66H69BNaO18S. The summed E-state index contributed by atoms with van der Waals surface area (Å²) in [5, 5.41) is 25.6. The monoisotopic (exact) mass is 1220 g/mol. The maximum absolute atomic E-state index is 12.2. The number of aliphatic hydroxyl groups is 1. The Labute approximate surface area is 533 Å². The number of rotatable bonds is 19. The maximum Gasteiger partial charge on any atom is 1.00 e. The number of hydrogen-bond donors (Lipinski definition) is 5. The molecule has 8 rings (SSSR count). The molecule has 0 saturated heterocycles. The number of aromatic carboxylic acids is 2. The van der Waals surface area contributed by atoms with E-state index in [1.54, 1.807) is 155 Å². The average molecular weight is 1220 g/mol. The van der Waals surface area contributed by atoms with Crippen molar-refractivity contribution in [1.82, 2.24) is 0 Å². The van der Waals surface area contributed by atoms with Crippen LogP contribution in [-0.2, 0) is 29.3 Å². The van der Waals surface area contributed by atoms with Crippen LogP contribution in [0.3, 0.4) is 0 Å². The van der Waals surface area contributed by atoms with Crippen LogP contribution in [0.1, 0.15) is 136 Å². The summed E-state index contributed by atoms with van der Waals surface area (Å²) < 4.78 is 52.4. The molecule has 451 valence electrons. The van der Waals surface area contributed by atoms with Crippen molar-refractivity contribution in [3.63, 3.8) is 0 Å². The summed E-state index contributed by atoms with van der Waals surface area (Å²) in [6.45, 7) is 7.24. The first-order valence-corrected chi connectivity index (χ1v) is 27.6. The van der Waals surface area contributed by atoms with Gasteiger partial charge in [0.2, 0.25) is 0 Å². The van der Waals surface area contributed by atoms with Crippen LogP contribution in [0.4, 0.5) is 0 Å². The smallest absolute Gasteiger partial charge is 1.00 e. The van der Waals surface area contributed by atoms with Gasteiger partial charge in [0.1, 0.15) is 6.10 Å². The molecule has 8 aromatic rings. The number of benzene rings is 8. The summed E-state index contributed by atoms with van der Waals surface area (Å²) in [5.41, 5.74) is 6.11. The second-order valence-electron chi connectivity index (χ2n) is 17.3. The van der Waals surface area contributed by atoms with Crippen LogP contribution >= 0.6 is 0 Å². The Morgan fingerprint density at radius 2 is 0.713 bits per heavy atom. The van der Waals surface area contributed by atoms with Gasteiger partial charge >= 0.3 is 63.8 Å². The Balaban J connectivity index is 0. The third kappa shape index (κ3) is 28.9. The van der Waals surface area contributed by atoms with Crippen molar-refractivity contribution in [2.24, 2.45) is 0 Å². The number of esters is 2. The zero-order valence-electron chi connectivity index (χ0n) is 49.6. The normalized spacial score (nSPS) is 10.2. The van der Waals surface area contributed by atoms with Crippen molar-refractivity contribution in [2.75, 3.05) is 40.1 Å². The molecule has 0 spiro atoms. The number of aliphatic hydroxyl groups excluding tert-OH is 1. The number of ether oxygens (including phenoxy) is 4. The molecule has 3 radical (unpaired) electrons. The molecule has 18 nitrogen and oxygen atoms in total. The predicted molar refractivity (Wildman–Crippen MR) is 328 cm³/mol. The van der Waals surface area contributed by atoms with Gasteiger partial charge < -0.3 is 35.7 Å². The summed E-state index contributed by atoms with van der Waals surface area (Å²) in [5.74, 6) is -3.18. The molecule has 21 heteroatoms. The Morgan fingerprint density at radius 3 is 1.05 bits per heavy atom. The third-order valence-electron chi connectivity index (χ3n) is 11.1. The summed E-state index contributed by atoms with van der Waals surface area (Å²) in [7, 11) is -3.01. The van der Waals surface area contributed by atoms with Gasteiger partial charge in [-0.2, -0.15) is 8.42 Å². The minimum Gasteiger partial charge on any atom is -1.00 e. The van der Waals surface area contributed by atoms with Crippen LogP contribution in [0.25, 0.3) is 0 Å². The van der Waals surface area contributed by atoms with Crippen LogP contribution in [0.5, 0.6) is 0 Å². The zero-order valence-corrected chi connectivity index (χ0v) is 51.4. The third-order valence-corrected chi connectivity index (χ3v) is 11.1. The minimum absolute atomic E-state index is 0. The molecule has 1 unspecified atom stereocenters. The first kappa shape index (κ1) is 76.5. The summed E-state index contributed by atoms with van der Waals surface area (Å²) in [6, 6.07) is 62.6. The zero-order chi connectivity index (χ0) is 62.6. The number of ketones is 3.